The fraction of sp³-hybridized carbons (Fsp3) is 0.294. The monoisotopic (exact) mass is 255 g/mol. The molecule has 2 N–H and O–H groups in total. The second-order valence-corrected chi connectivity index (χ2v) is 5.10. The van der Waals surface area contributed by atoms with Crippen molar-refractivity contribution in [3.05, 3.63) is 64.7 Å². The summed E-state index contributed by atoms with van der Waals surface area (Å²) in [5.74, 6) is 0.910. The topological polar surface area (TPSA) is 35.2 Å². The zero-order valence-corrected chi connectivity index (χ0v) is 11.8. The highest BCUT2D eigenvalue weighted by Crippen LogP contribution is 2.20. The maximum absolute atomic E-state index is 6.15. The van der Waals surface area contributed by atoms with Crippen LogP contribution in [-0.4, -0.2) is 6.61 Å². The van der Waals surface area contributed by atoms with Gasteiger partial charge in [0.25, 0.3) is 0 Å². The molecule has 0 aliphatic carbocycles. The molecule has 2 heteroatoms. The SMILES string of the molecule is Cc1ccc(C(N)COc2ccc(C)cc2C)cc1. The van der Waals surface area contributed by atoms with E-state index in [0.29, 0.717) is 6.61 Å². The average Bonchev–Trinajstić information content (AvgIpc) is 2.38. The molecule has 0 aromatic heterocycles. The minimum atomic E-state index is -0.0960. The Balaban J connectivity index is 2.00. The average molecular weight is 255 g/mol. The summed E-state index contributed by atoms with van der Waals surface area (Å²) in [6.45, 7) is 6.70. The number of aryl methyl sites for hydroxylation is 3. The van der Waals surface area contributed by atoms with Gasteiger partial charge in [0.15, 0.2) is 0 Å². The highest BCUT2D eigenvalue weighted by molar-refractivity contribution is 5.35. The molecule has 2 aromatic rings. The van der Waals surface area contributed by atoms with Crippen molar-refractivity contribution in [2.24, 2.45) is 5.73 Å². The fourth-order valence-electron chi connectivity index (χ4n) is 2.05. The molecule has 0 spiro atoms. The Morgan fingerprint density at radius 3 is 2.21 bits per heavy atom. The molecule has 0 saturated heterocycles. The van der Waals surface area contributed by atoms with Crippen LogP contribution >= 0.6 is 0 Å². The molecule has 0 amide bonds. The molecule has 0 aliphatic rings. The predicted molar refractivity (Wildman–Crippen MR) is 79.5 cm³/mol. The summed E-state index contributed by atoms with van der Waals surface area (Å²) in [7, 11) is 0. The largest absolute Gasteiger partial charge is 0.491 e. The van der Waals surface area contributed by atoms with E-state index in [1.807, 2.05) is 6.07 Å². The van der Waals surface area contributed by atoms with Crippen molar-refractivity contribution in [2.45, 2.75) is 26.8 Å². The minimum absolute atomic E-state index is 0.0960. The zero-order chi connectivity index (χ0) is 13.8. The van der Waals surface area contributed by atoms with Crippen LogP contribution in [0.1, 0.15) is 28.3 Å². The molecule has 2 nitrogen and oxygen atoms in total. The summed E-state index contributed by atoms with van der Waals surface area (Å²) in [6, 6.07) is 14.4. The van der Waals surface area contributed by atoms with E-state index in [4.69, 9.17) is 10.5 Å². The summed E-state index contributed by atoms with van der Waals surface area (Å²) in [4.78, 5) is 0. The lowest BCUT2D eigenvalue weighted by molar-refractivity contribution is 0.289. The van der Waals surface area contributed by atoms with Gasteiger partial charge in [-0.05, 0) is 38.0 Å². The highest BCUT2D eigenvalue weighted by Gasteiger charge is 2.07. The summed E-state index contributed by atoms with van der Waals surface area (Å²) in [5.41, 5.74) is 10.9. The van der Waals surface area contributed by atoms with Gasteiger partial charge >= 0.3 is 0 Å². The molecular weight excluding hydrogens is 234 g/mol. The first kappa shape index (κ1) is 13.6. The molecule has 0 radical (unpaired) electrons. The third-order valence-electron chi connectivity index (χ3n) is 3.25. The summed E-state index contributed by atoms with van der Waals surface area (Å²) < 4.78 is 5.81. The Hall–Kier alpha value is -1.80. The smallest absolute Gasteiger partial charge is 0.122 e. The number of hydrogen-bond acceptors (Lipinski definition) is 2. The van der Waals surface area contributed by atoms with Crippen LogP contribution in [0.3, 0.4) is 0 Å². The third kappa shape index (κ3) is 3.58. The summed E-state index contributed by atoms with van der Waals surface area (Å²) >= 11 is 0. The highest BCUT2D eigenvalue weighted by atomic mass is 16.5. The molecule has 19 heavy (non-hydrogen) atoms. The van der Waals surface area contributed by atoms with Crippen molar-refractivity contribution in [3.63, 3.8) is 0 Å². The lowest BCUT2D eigenvalue weighted by atomic mass is 10.1. The van der Waals surface area contributed by atoms with E-state index in [-0.39, 0.29) is 6.04 Å². The summed E-state index contributed by atoms with van der Waals surface area (Å²) in [5, 5.41) is 0. The number of ether oxygens (including phenoxy) is 1. The third-order valence-corrected chi connectivity index (χ3v) is 3.25. The van der Waals surface area contributed by atoms with Crippen LogP contribution in [0.15, 0.2) is 42.5 Å². The van der Waals surface area contributed by atoms with Crippen molar-refractivity contribution >= 4 is 0 Å². The molecule has 100 valence electrons. The van der Waals surface area contributed by atoms with Gasteiger partial charge in [-0.3, -0.25) is 0 Å². The minimum Gasteiger partial charge on any atom is -0.491 e. The number of rotatable bonds is 4. The van der Waals surface area contributed by atoms with E-state index in [9.17, 15) is 0 Å². The van der Waals surface area contributed by atoms with Crippen molar-refractivity contribution in [2.75, 3.05) is 6.61 Å². The Morgan fingerprint density at radius 1 is 0.947 bits per heavy atom. The van der Waals surface area contributed by atoms with Crippen LogP contribution in [0.4, 0.5) is 0 Å². The van der Waals surface area contributed by atoms with E-state index in [2.05, 4.69) is 57.2 Å². The maximum Gasteiger partial charge on any atom is 0.122 e. The first-order valence-electron chi connectivity index (χ1n) is 6.58. The molecule has 1 atom stereocenters. The first-order chi connectivity index (χ1) is 9.06. The molecule has 0 aliphatic heterocycles. The molecule has 0 saturated carbocycles. The van der Waals surface area contributed by atoms with Crippen LogP contribution in [0.25, 0.3) is 0 Å². The molecule has 2 rings (SSSR count). The lowest BCUT2D eigenvalue weighted by Crippen LogP contribution is -2.19. The fourth-order valence-corrected chi connectivity index (χ4v) is 2.05. The van der Waals surface area contributed by atoms with Crippen molar-refractivity contribution in [3.8, 4) is 5.75 Å². The number of hydrogen-bond donors (Lipinski definition) is 1. The zero-order valence-electron chi connectivity index (χ0n) is 11.8. The van der Waals surface area contributed by atoms with Gasteiger partial charge in [0.1, 0.15) is 12.4 Å². The van der Waals surface area contributed by atoms with Gasteiger partial charge in [-0.25, -0.2) is 0 Å². The van der Waals surface area contributed by atoms with E-state index >= 15 is 0 Å². The second-order valence-electron chi connectivity index (χ2n) is 5.10. The van der Waals surface area contributed by atoms with Crippen molar-refractivity contribution in [1.29, 1.82) is 0 Å². The molecular formula is C17H21NO. The van der Waals surface area contributed by atoms with E-state index in [1.165, 1.54) is 11.1 Å². The number of nitrogens with two attached hydrogens (primary N) is 1. The maximum atomic E-state index is 6.15. The van der Waals surface area contributed by atoms with Crippen LogP contribution in [0.2, 0.25) is 0 Å². The molecule has 0 bridgehead atoms. The Kier molecular flexibility index (Phi) is 4.23. The van der Waals surface area contributed by atoms with E-state index in [0.717, 1.165) is 16.9 Å². The Labute approximate surface area is 115 Å². The lowest BCUT2D eigenvalue weighted by Gasteiger charge is -2.15. The van der Waals surface area contributed by atoms with Crippen LogP contribution in [0.5, 0.6) is 5.75 Å². The molecule has 0 fully saturated rings. The quantitative estimate of drug-likeness (QED) is 0.904. The van der Waals surface area contributed by atoms with Crippen LogP contribution in [-0.2, 0) is 0 Å². The van der Waals surface area contributed by atoms with Gasteiger partial charge in [0, 0.05) is 0 Å². The van der Waals surface area contributed by atoms with Gasteiger partial charge in [-0.1, -0.05) is 47.5 Å². The van der Waals surface area contributed by atoms with Gasteiger partial charge < -0.3 is 10.5 Å². The normalized spacial score (nSPS) is 12.2. The van der Waals surface area contributed by atoms with Crippen molar-refractivity contribution < 1.29 is 4.74 Å². The van der Waals surface area contributed by atoms with Crippen LogP contribution in [0, 0.1) is 20.8 Å². The van der Waals surface area contributed by atoms with Gasteiger partial charge in [0.05, 0.1) is 6.04 Å². The van der Waals surface area contributed by atoms with Gasteiger partial charge in [0.2, 0.25) is 0 Å². The Morgan fingerprint density at radius 2 is 1.58 bits per heavy atom. The predicted octanol–water partition coefficient (Wildman–Crippen LogP) is 3.69. The standard InChI is InChI=1S/C17H21NO/c1-12-4-7-15(8-5-12)16(18)11-19-17-9-6-13(2)10-14(17)3/h4-10,16H,11,18H2,1-3H3. The van der Waals surface area contributed by atoms with Gasteiger partial charge in [-0.15, -0.1) is 0 Å². The first-order valence-corrected chi connectivity index (χ1v) is 6.58. The molecule has 2 aromatic carbocycles. The Bertz CT molecular complexity index is 546. The van der Waals surface area contributed by atoms with Crippen LogP contribution < -0.4 is 10.5 Å². The van der Waals surface area contributed by atoms with Gasteiger partial charge in [-0.2, -0.15) is 0 Å². The second kappa shape index (κ2) is 5.89. The van der Waals surface area contributed by atoms with Crippen molar-refractivity contribution in [1.82, 2.24) is 0 Å². The molecule has 0 heterocycles. The van der Waals surface area contributed by atoms with E-state index in [1.54, 1.807) is 0 Å². The summed E-state index contributed by atoms with van der Waals surface area (Å²) in [6.07, 6.45) is 0. The number of benzene rings is 2. The van der Waals surface area contributed by atoms with E-state index < -0.39 is 0 Å². The molecule has 1 unspecified atom stereocenters.